The molecule has 0 radical (unpaired) electrons. The molecule has 0 unspecified atom stereocenters. The number of ether oxygens (including phenoxy) is 3. The standard InChI is InChI=1S/C25H34N4O3/c1-19(2)32-23-11-9-21(10-12-23)29-25(26-13-6-14-31-16-15-30-3)27-18-22-17-20-7-4-5-8-24(20)28-22/h4-5,7-12,17,19,28H,6,13-16,18H2,1-3H3,(H2,26,27,29). The van der Waals surface area contributed by atoms with E-state index in [-0.39, 0.29) is 6.10 Å². The normalized spacial score (nSPS) is 11.8. The third-order valence-electron chi connectivity index (χ3n) is 4.67. The molecule has 0 amide bonds. The molecule has 7 nitrogen and oxygen atoms in total. The van der Waals surface area contributed by atoms with Crippen molar-refractivity contribution in [1.82, 2.24) is 10.3 Å². The third kappa shape index (κ3) is 7.90. The van der Waals surface area contributed by atoms with Crippen LogP contribution in [0.5, 0.6) is 5.75 Å². The van der Waals surface area contributed by atoms with Crippen molar-refractivity contribution in [2.24, 2.45) is 4.99 Å². The van der Waals surface area contributed by atoms with Crippen LogP contribution in [0.3, 0.4) is 0 Å². The van der Waals surface area contributed by atoms with Gasteiger partial charge in [-0.05, 0) is 62.1 Å². The largest absolute Gasteiger partial charge is 0.491 e. The second-order valence-electron chi connectivity index (χ2n) is 7.75. The Bertz CT molecular complexity index is 934. The fourth-order valence-corrected chi connectivity index (χ4v) is 3.17. The van der Waals surface area contributed by atoms with E-state index in [2.05, 4.69) is 33.8 Å². The van der Waals surface area contributed by atoms with Crippen LogP contribution in [0, 0.1) is 0 Å². The van der Waals surface area contributed by atoms with Gasteiger partial charge < -0.3 is 29.8 Å². The summed E-state index contributed by atoms with van der Waals surface area (Å²) in [5, 5.41) is 7.96. The summed E-state index contributed by atoms with van der Waals surface area (Å²) in [7, 11) is 1.67. The molecule has 0 saturated heterocycles. The van der Waals surface area contributed by atoms with Crippen molar-refractivity contribution < 1.29 is 14.2 Å². The number of para-hydroxylation sites is 1. The first-order valence-corrected chi connectivity index (χ1v) is 11.1. The number of nitrogens with zero attached hydrogens (tertiary/aromatic N) is 1. The zero-order valence-corrected chi connectivity index (χ0v) is 19.2. The van der Waals surface area contributed by atoms with Crippen molar-refractivity contribution in [2.45, 2.75) is 32.9 Å². The van der Waals surface area contributed by atoms with Gasteiger partial charge in [0, 0.05) is 37.2 Å². The number of guanidine groups is 1. The van der Waals surface area contributed by atoms with Gasteiger partial charge in [0.1, 0.15) is 5.75 Å². The molecule has 1 heterocycles. The van der Waals surface area contributed by atoms with Crippen molar-refractivity contribution in [3.8, 4) is 5.75 Å². The molecule has 0 aliphatic rings. The Morgan fingerprint density at radius 3 is 2.59 bits per heavy atom. The number of aromatic nitrogens is 1. The Morgan fingerprint density at radius 1 is 1.03 bits per heavy atom. The van der Waals surface area contributed by atoms with E-state index in [1.165, 1.54) is 5.39 Å². The van der Waals surface area contributed by atoms with Gasteiger partial charge in [0.25, 0.3) is 0 Å². The molecule has 3 N–H and O–H groups in total. The zero-order chi connectivity index (χ0) is 22.6. The molecule has 0 aliphatic carbocycles. The first-order valence-electron chi connectivity index (χ1n) is 11.1. The van der Waals surface area contributed by atoms with Crippen LogP contribution in [-0.4, -0.2) is 50.5 Å². The van der Waals surface area contributed by atoms with Crippen LogP contribution in [0.2, 0.25) is 0 Å². The van der Waals surface area contributed by atoms with Crippen molar-refractivity contribution >= 4 is 22.5 Å². The predicted octanol–water partition coefficient (Wildman–Crippen LogP) is 4.57. The lowest BCUT2D eigenvalue weighted by Gasteiger charge is -2.14. The maximum atomic E-state index is 5.73. The van der Waals surface area contributed by atoms with E-state index < -0.39 is 0 Å². The quantitative estimate of drug-likeness (QED) is 0.219. The van der Waals surface area contributed by atoms with Gasteiger partial charge in [-0.15, -0.1) is 0 Å². The highest BCUT2D eigenvalue weighted by Gasteiger charge is 2.04. The van der Waals surface area contributed by atoms with Gasteiger partial charge in [-0.3, -0.25) is 0 Å². The highest BCUT2D eigenvalue weighted by molar-refractivity contribution is 5.93. The highest BCUT2D eigenvalue weighted by Crippen LogP contribution is 2.18. The second kappa shape index (κ2) is 12.7. The molecule has 0 atom stereocenters. The maximum absolute atomic E-state index is 5.73. The van der Waals surface area contributed by atoms with Crippen LogP contribution in [0.15, 0.2) is 59.6 Å². The van der Waals surface area contributed by atoms with Gasteiger partial charge in [0.05, 0.1) is 25.9 Å². The number of nitrogens with one attached hydrogen (secondary N) is 3. The highest BCUT2D eigenvalue weighted by atomic mass is 16.5. The minimum absolute atomic E-state index is 0.148. The number of H-pyrrole nitrogens is 1. The molecule has 7 heteroatoms. The minimum atomic E-state index is 0.148. The molecule has 0 bridgehead atoms. The van der Waals surface area contributed by atoms with Crippen LogP contribution >= 0.6 is 0 Å². The van der Waals surface area contributed by atoms with E-state index in [4.69, 9.17) is 19.2 Å². The van der Waals surface area contributed by atoms with Crippen LogP contribution in [0.1, 0.15) is 26.0 Å². The fourth-order valence-electron chi connectivity index (χ4n) is 3.17. The summed E-state index contributed by atoms with van der Waals surface area (Å²) < 4.78 is 16.3. The Labute approximate surface area is 190 Å². The summed E-state index contributed by atoms with van der Waals surface area (Å²) in [5.74, 6) is 1.57. The lowest BCUT2D eigenvalue weighted by molar-refractivity contribution is 0.0699. The van der Waals surface area contributed by atoms with E-state index in [1.807, 2.05) is 50.2 Å². The number of hydrogen-bond donors (Lipinski definition) is 3. The van der Waals surface area contributed by atoms with Crippen LogP contribution in [0.4, 0.5) is 5.69 Å². The average molecular weight is 439 g/mol. The van der Waals surface area contributed by atoms with Crippen molar-refractivity contribution in [2.75, 3.05) is 38.8 Å². The number of aliphatic imine (C=N–C) groups is 1. The number of benzene rings is 2. The summed E-state index contributed by atoms with van der Waals surface area (Å²) in [5.41, 5.74) is 3.13. The predicted molar refractivity (Wildman–Crippen MR) is 131 cm³/mol. The molecule has 2 aromatic carbocycles. The topological polar surface area (TPSA) is 79.9 Å². The van der Waals surface area contributed by atoms with Gasteiger partial charge >= 0.3 is 0 Å². The molecule has 0 saturated carbocycles. The van der Waals surface area contributed by atoms with Crippen LogP contribution in [0.25, 0.3) is 10.9 Å². The van der Waals surface area contributed by atoms with E-state index in [0.717, 1.165) is 41.6 Å². The molecular weight excluding hydrogens is 404 g/mol. The van der Waals surface area contributed by atoms with E-state index in [0.29, 0.717) is 26.4 Å². The lowest BCUT2D eigenvalue weighted by Crippen LogP contribution is -2.32. The van der Waals surface area contributed by atoms with Crippen LogP contribution in [-0.2, 0) is 16.0 Å². The monoisotopic (exact) mass is 438 g/mol. The molecule has 32 heavy (non-hydrogen) atoms. The van der Waals surface area contributed by atoms with E-state index in [1.54, 1.807) is 7.11 Å². The Kier molecular flexibility index (Phi) is 9.40. The molecule has 3 aromatic rings. The molecule has 3 rings (SSSR count). The SMILES string of the molecule is COCCOCCCNC(=NCc1cc2ccccc2[nH]1)Nc1ccc(OC(C)C)cc1. The fraction of sp³-hybridized carbons (Fsp3) is 0.400. The number of aromatic amines is 1. The second-order valence-corrected chi connectivity index (χ2v) is 7.75. The van der Waals surface area contributed by atoms with Gasteiger partial charge in [0.2, 0.25) is 0 Å². The number of fused-ring (bicyclic) bond motifs is 1. The molecule has 0 spiro atoms. The van der Waals surface area contributed by atoms with Gasteiger partial charge in [-0.2, -0.15) is 0 Å². The van der Waals surface area contributed by atoms with E-state index in [9.17, 15) is 0 Å². The Morgan fingerprint density at radius 2 is 1.84 bits per heavy atom. The number of anilines is 1. The summed E-state index contributed by atoms with van der Waals surface area (Å²) in [4.78, 5) is 8.20. The molecule has 0 fully saturated rings. The first kappa shape index (κ1) is 23.6. The lowest BCUT2D eigenvalue weighted by atomic mass is 10.2. The van der Waals surface area contributed by atoms with E-state index >= 15 is 0 Å². The van der Waals surface area contributed by atoms with Crippen molar-refractivity contribution in [3.05, 3.63) is 60.3 Å². The van der Waals surface area contributed by atoms with Gasteiger partial charge in [-0.25, -0.2) is 4.99 Å². The Hall–Kier alpha value is -3.03. The van der Waals surface area contributed by atoms with Gasteiger partial charge in [-0.1, -0.05) is 18.2 Å². The minimum Gasteiger partial charge on any atom is -0.491 e. The van der Waals surface area contributed by atoms with Gasteiger partial charge in [0.15, 0.2) is 5.96 Å². The Balaban J connectivity index is 1.61. The zero-order valence-electron chi connectivity index (χ0n) is 19.2. The summed E-state index contributed by atoms with van der Waals surface area (Å²) in [6.45, 7) is 7.23. The number of rotatable bonds is 12. The molecule has 1 aromatic heterocycles. The smallest absolute Gasteiger partial charge is 0.196 e. The summed E-state index contributed by atoms with van der Waals surface area (Å²) in [6, 6.07) is 18.3. The molecule has 0 aliphatic heterocycles. The van der Waals surface area contributed by atoms with Crippen LogP contribution < -0.4 is 15.4 Å². The summed E-state index contributed by atoms with van der Waals surface area (Å²) in [6.07, 6.45) is 1.02. The number of methoxy groups -OCH3 is 1. The summed E-state index contributed by atoms with van der Waals surface area (Å²) >= 11 is 0. The third-order valence-corrected chi connectivity index (χ3v) is 4.67. The first-order chi connectivity index (χ1) is 15.6. The average Bonchev–Trinajstić information content (AvgIpc) is 3.20. The molecular formula is C25H34N4O3. The molecule has 172 valence electrons. The van der Waals surface area contributed by atoms with Crippen molar-refractivity contribution in [1.29, 1.82) is 0 Å². The number of hydrogen-bond acceptors (Lipinski definition) is 4. The maximum Gasteiger partial charge on any atom is 0.196 e. The van der Waals surface area contributed by atoms with Crippen molar-refractivity contribution in [3.63, 3.8) is 0 Å².